The van der Waals surface area contributed by atoms with E-state index in [1.54, 1.807) is 0 Å². The minimum Gasteiger partial charge on any atom is -0.311 e. The van der Waals surface area contributed by atoms with Crippen molar-refractivity contribution < 1.29 is 0 Å². The zero-order valence-corrected chi connectivity index (χ0v) is 12.3. The summed E-state index contributed by atoms with van der Waals surface area (Å²) < 4.78 is 0. The standard InChI is InChI=1S/C18H26N2/c1-2-4-14(5-3-1)10-11-20-13-17(15-6-7-15)19-12-18(20)16-8-9-16/h1-5,15-19H,6-13H2. The predicted molar refractivity (Wildman–Crippen MR) is 82.7 cm³/mol. The van der Waals surface area contributed by atoms with E-state index < -0.39 is 0 Å². The lowest BCUT2D eigenvalue weighted by Gasteiger charge is -2.41. The molecule has 4 rings (SSSR count). The van der Waals surface area contributed by atoms with E-state index in [4.69, 9.17) is 0 Å². The quantitative estimate of drug-likeness (QED) is 0.885. The number of nitrogens with zero attached hydrogens (tertiary/aromatic N) is 1. The maximum atomic E-state index is 3.84. The van der Waals surface area contributed by atoms with Crippen molar-refractivity contribution in [3.8, 4) is 0 Å². The van der Waals surface area contributed by atoms with E-state index in [1.807, 2.05) is 0 Å². The van der Waals surface area contributed by atoms with Crippen LogP contribution in [0.1, 0.15) is 31.2 Å². The Morgan fingerprint density at radius 1 is 1.00 bits per heavy atom. The lowest BCUT2D eigenvalue weighted by molar-refractivity contribution is 0.109. The van der Waals surface area contributed by atoms with Gasteiger partial charge in [-0.15, -0.1) is 0 Å². The number of hydrogen-bond acceptors (Lipinski definition) is 2. The summed E-state index contributed by atoms with van der Waals surface area (Å²) in [5.41, 5.74) is 1.49. The van der Waals surface area contributed by atoms with E-state index in [9.17, 15) is 0 Å². The molecule has 0 aromatic heterocycles. The molecule has 1 heterocycles. The number of piperazine rings is 1. The first-order valence-electron chi connectivity index (χ1n) is 8.41. The van der Waals surface area contributed by atoms with Gasteiger partial charge in [0.15, 0.2) is 0 Å². The first kappa shape index (κ1) is 12.8. The fraction of sp³-hybridized carbons (Fsp3) is 0.667. The Balaban J connectivity index is 1.38. The molecule has 0 bridgehead atoms. The van der Waals surface area contributed by atoms with Crippen molar-refractivity contribution in [1.29, 1.82) is 0 Å². The second kappa shape index (κ2) is 5.50. The van der Waals surface area contributed by atoms with Crippen LogP contribution in [-0.2, 0) is 6.42 Å². The van der Waals surface area contributed by atoms with E-state index >= 15 is 0 Å². The van der Waals surface area contributed by atoms with Gasteiger partial charge in [-0.3, -0.25) is 4.90 Å². The van der Waals surface area contributed by atoms with Gasteiger partial charge in [-0.1, -0.05) is 30.3 Å². The fourth-order valence-corrected chi connectivity index (χ4v) is 3.79. The zero-order chi connectivity index (χ0) is 13.4. The minimum absolute atomic E-state index is 0.778. The Hall–Kier alpha value is -0.860. The number of hydrogen-bond donors (Lipinski definition) is 1. The van der Waals surface area contributed by atoms with Crippen molar-refractivity contribution in [3.63, 3.8) is 0 Å². The number of rotatable bonds is 5. The molecule has 0 amide bonds. The Bertz CT molecular complexity index is 436. The van der Waals surface area contributed by atoms with Crippen molar-refractivity contribution in [2.75, 3.05) is 19.6 Å². The van der Waals surface area contributed by atoms with Gasteiger partial charge in [0.2, 0.25) is 0 Å². The fourth-order valence-electron chi connectivity index (χ4n) is 3.79. The highest BCUT2D eigenvalue weighted by atomic mass is 15.2. The topological polar surface area (TPSA) is 15.3 Å². The maximum absolute atomic E-state index is 3.84. The third kappa shape index (κ3) is 2.91. The van der Waals surface area contributed by atoms with Crippen LogP contribution in [0.4, 0.5) is 0 Å². The van der Waals surface area contributed by atoms with Crippen LogP contribution >= 0.6 is 0 Å². The summed E-state index contributed by atoms with van der Waals surface area (Å²) in [6.07, 6.45) is 7.04. The molecule has 1 saturated heterocycles. The average Bonchev–Trinajstić information content (AvgIpc) is 3.39. The van der Waals surface area contributed by atoms with Gasteiger partial charge in [-0.25, -0.2) is 0 Å². The predicted octanol–water partition coefficient (Wildman–Crippen LogP) is 2.69. The van der Waals surface area contributed by atoms with Crippen LogP contribution < -0.4 is 5.32 Å². The van der Waals surface area contributed by atoms with Crippen LogP contribution in [0.2, 0.25) is 0 Å². The molecule has 1 N–H and O–H groups in total. The van der Waals surface area contributed by atoms with Gasteiger partial charge in [-0.05, 0) is 49.5 Å². The SMILES string of the molecule is c1ccc(CCN2CC(C3CC3)NCC2C2CC2)cc1. The van der Waals surface area contributed by atoms with Crippen molar-refractivity contribution in [2.45, 2.75) is 44.2 Å². The van der Waals surface area contributed by atoms with Crippen LogP contribution in [0.15, 0.2) is 30.3 Å². The highest BCUT2D eigenvalue weighted by molar-refractivity contribution is 5.15. The summed E-state index contributed by atoms with van der Waals surface area (Å²) in [5, 5.41) is 3.84. The van der Waals surface area contributed by atoms with Gasteiger partial charge in [-0.2, -0.15) is 0 Å². The molecule has 2 saturated carbocycles. The van der Waals surface area contributed by atoms with E-state index in [0.29, 0.717) is 0 Å². The molecule has 108 valence electrons. The van der Waals surface area contributed by atoms with Crippen molar-refractivity contribution in [2.24, 2.45) is 11.8 Å². The van der Waals surface area contributed by atoms with Gasteiger partial charge >= 0.3 is 0 Å². The third-order valence-corrected chi connectivity index (χ3v) is 5.38. The Morgan fingerprint density at radius 2 is 1.75 bits per heavy atom. The van der Waals surface area contributed by atoms with Crippen LogP contribution in [0.25, 0.3) is 0 Å². The normalized spacial score (nSPS) is 31.4. The van der Waals surface area contributed by atoms with Crippen molar-refractivity contribution >= 4 is 0 Å². The molecular formula is C18H26N2. The molecular weight excluding hydrogens is 244 g/mol. The molecule has 3 aliphatic rings. The van der Waals surface area contributed by atoms with Gasteiger partial charge in [0.25, 0.3) is 0 Å². The van der Waals surface area contributed by atoms with Crippen molar-refractivity contribution in [1.82, 2.24) is 10.2 Å². The summed E-state index contributed by atoms with van der Waals surface area (Å²) >= 11 is 0. The van der Waals surface area contributed by atoms with Gasteiger partial charge in [0.05, 0.1) is 0 Å². The van der Waals surface area contributed by atoms with Gasteiger partial charge in [0, 0.05) is 31.7 Å². The van der Waals surface area contributed by atoms with Crippen LogP contribution in [0.5, 0.6) is 0 Å². The first-order chi connectivity index (χ1) is 9.90. The minimum atomic E-state index is 0.778. The second-order valence-electron chi connectivity index (χ2n) is 6.99. The third-order valence-electron chi connectivity index (χ3n) is 5.38. The Morgan fingerprint density at radius 3 is 2.45 bits per heavy atom. The Labute approximate surface area is 122 Å². The summed E-state index contributed by atoms with van der Waals surface area (Å²) in [6, 6.07) is 12.6. The van der Waals surface area contributed by atoms with E-state index in [1.165, 1.54) is 57.3 Å². The maximum Gasteiger partial charge on any atom is 0.0249 e. The molecule has 0 spiro atoms. The van der Waals surface area contributed by atoms with Crippen LogP contribution in [0.3, 0.4) is 0 Å². The smallest absolute Gasteiger partial charge is 0.0249 e. The monoisotopic (exact) mass is 270 g/mol. The van der Waals surface area contributed by atoms with E-state index in [-0.39, 0.29) is 0 Å². The van der Waals surface area contributed by atoms with Gasteiger partial charge < -0.3 is 5.32 Å². The second-order valence-corrected chi connectivity index (χ2v) is 6.99. The lowest BCUT2D eigenvalue weighted by atomic mass is 10.0. The van der Waals surface area contributed by atoms with Crippen molar-refractivity contribution in [3.05, 3.63) is 35.9 Å². The Kier molecular flexibility index (Phi) is 3.53. The summed E-state index contributed by atoms with van der Waals surface area (Å²) in [6.45, 7) is 3.77. The average molecular weight is 270 g/mol. The summed E-state index contributed by atoms with van der Waals surface area (Å²) in [4.78, 5) is 2.81. The molecule has 2 atom stereocenters. The van der Waals surface area contributed by atoms with Gasteiger partial charge in [0.1, 0.15) is 0 Å². The first-order valence-corrected chi connectivity index (χ1v) is 8.41. The highest BCUT2D eigenvalue weighted by Gasteiger charge is 2.42. The largest absolute Gasteiger partial charge is 0.311 e. The summed E-state index contributed by atoms with van der Waals surface area (Å²) in [7, 11) is 0. The molecule has 1 aromatic carbocycles. The number of nitrogens with one attached hydrogen (secondary N) is 1. The lowest BCUT2D eigenvalue weighted by Crippen LogP contribution is -2.58. The summed E-state index contributed by atoms with van der Waals surface area (Å²) in [5.74, 6) is 1.97. The van der Waals surface area contributed by atoms with E-state index in [2.05, 4.69) is 40.5 Å². The molecule has 20 heavy (non-hydrogen) atoms. The molecule has 2 unspecified atom stereocenters. The zero-order valence-electron chi connectivity index (χ0n) is 12.3. The molecule has 1 aromatic rings. The molecule has 3 fully saturated rings. The van der Waals surface area contributed by atoms with Crippen LogP contribution in [-0.4, -0.2) is 36.6 Å². The van der Waals surface area contributed by atoms with Crippen LogP contribution in [0, 0.1) is 11.8 Å². The number of benzene rings is 1. The van der Waals surface area contributed by atoms with E-state index in [0.717, 1.165) is 23.9 Å². The molecule has 2 heteroatoms. The molecule has 2 nitrogen and oxygen atoms in total. The molecule has 2 aliphatic carbocycles. The highest BCUT2D eigenvalue weighted by Crippen LogP contribution is 2.39. The molecule has 1 aliphatic heterocycles. The molecule has 0 radical (unpaired) electrons.